The van der Waals surface area contributed by atoms with Gasteiger partial charge >= 0.3 is 5.97 Å². The number of esters is 1. The monoisotopic (exact) mass is 273 g/mol. The minimum absolute atomic E-state index is 0.305. The molecule has 1 atom stereocenters. The quantitative estimate of drug-likeness (QED) is 0.850. The number of anilines is 1. The summed E-state index contributed by atoms with van der Waals surface area (Å²) in [4.78, 5) is 12.1. The Hall–Kier alpha value is -2.30. The van der Waals surface area contributed by atoms with Gasteiger partial charge in [-0.25, -0.2) is 4.79 Å². The van der Waals surface area contributed by atoms with Crippen LogP contribution in [0.2, 0.25) is 0 Å². The molecule has 0 saturated carbocycles. The number of carbonyl (C=O) groups excluding carboxylic acids is 1. The fourth-order valence-corrected chi connectivity index (χ4v) is 1.91. The third kappa shape index (κ3) is 3.38. The maximum Gasteiger partial charge on any atom is 0.333 e. The standard InChI is InChI=1S/C15H19N3O2/c1-4-20-15(19)14(12-9-16-18(3)10-12)17-13-7-5-11(2)6-8-13/h5-10,14,17H,4H2,1-3H3. The first-order chi connectivity index (χ1) is 9.60. The minimum Gasteiger partial charge on any atom is -0.464 e. The highest BCUT2D eigenvalue weighted by molar-refractivity contribution is 5.81. The number of benzene rings is 1. The number of hydrogen-bond acceptors (Lipinski definition) is 4. The van der Waals surface area contributed by atoms with Crippen molar-refractivity contribution in [1.82, 2.24) is 9.78 Å². The average molecular weight is 273 g/mol. The summed E-state index contributed by atoms with van der Waals surface area (Å²) in [6.45, 7) is 4.17. The number of nitrogens with one attached hydrogen (secondary N) is 1. The van der Waals surface area contributed by atoms with E-state index >= 15 is 0 Å². The molecule has 0 spiro atoms. The van der Waals surface area contributed by atoms with Gasteiger partial charge in [0.2, 0.25) is 0 Å². The van der Waals surface area contributed by atoms with Crippen molar-refractivity contribution in [3.05, 3.63) is 47.8 Å². The Bertz CT molecular complexity index is 575. The molecule has 106 valence electrons. The van der Waals surface area contributed by atoms with Crippen LogP contribution in [0.1, 0.15) is 24.1 Å². The average Bonchev–Trinajstić information content (AvgIpc) is 2.84. The zero-order chi connectivity index (χ0) is 14.5. The van der Waals surface area contributed by atoms with Gasteiger partial charge in [-0.05, 0) is 26.0 Å². The number of hydrogen-bond donors (Lipinski definition) is 1. The zero-order valence-corrected chi connectivity index (χ0v) is 12.0. The van der Waals surface area contributed by atoms with Crippen molar-refractivity contribution in [3.8, 4) is 0 Å². The molecule has 5 heteroatoms. The third-order valence-electron chi connectivity index (χ3n) is 2.94. The van der Waals surface area contributed by atoms with Crippen molar-refractivity contribution >= 4 is 11.7 Å². The van der Waals surface area contributed by atoms with E-state index in [9.17, 15) is 4.79 Å². The van der Waals surface area contributed by atoms with Crippen molar-refractivity contribution in [2.24, 2.45) is 7.05 Å². The van der Waals surface area contributed by atoms with Crippen molar-refractivity contribution in [2.45, 2.75) is 19.9 Å². The molecule has 2 aromatic rings. The first kappa shape index (κ1) is 14.1. The van der Waals surface area contributed by atoms with Gasteiger partial charge in [-0.1, -0.05) is 17.7 Å². The number of carbonyl (C=O) groups is 1. The lowest BCUT2D eigenvalue weighted by molar-refractivity contribution is -0.144. The van der Waals surface area contributed by atoms with Crippen molar-refractivity contribution in [3.63, 3.8) is 0 Å². The highest BCUT2D eigenvalue weighted by atomic mass is 16.5. The van der Waals surface area contributed by atoms with Crippen LogP contribution < -0.4 is 5.32 Å². The number of ether oxygens (including phenoxy) is 1. The SMILES string of the molecule is CCOC(=O)C(Nc1ccc(C)cc1)c1cnn(C)c1. The molecule has 0 aliphatic carbocycles. The van der Waals surface area contributed by atoms with Crippen LogP contribution in [0.4, 0.5) is 5.69 Å². The van der Waals surface area contributed by atoms with Gasteiger partial charge in [0.05, 0.1) is 12.8 Å². The van der Waals surface area contributed by atoms with Crippen LogP contribution in [-0.2, 0) is 16.6 Å². The molecule has 1 unspecified atom stereocenters. The molecule has 0 aliphatic rings. The van der Waals surface area contributed by atoms with Crippen LogP contribution in [0, 0.1) is 6.92 Å². The molecule has 0 amide bonds. The van der Waals surface area contributed by atoms with Crippen LogP contribution in [0.25, 0.3) is 0 Å². The van der Waals surface area contributed by atoms with E-state index in [1.807, 2.05) is 44.4 Å². The predicted molar refractivity (Wildman–Crippen MR) is 77.4 cm³/mol. The maximum absolute atomic E-state index is 12.1. The summed E-state index contributed by atoms with van der Waals surface area (Å²) in [6.07, 6.45) is 3.48. The van der Waals surface area contributed by atoms with E-state index in [4.69, 9.17) is 4.74 Å². The Morgan fingerprint density at radius 2 is 2.10 bits per heavy atom. The summed E-state index contributed by atoms with van der Waals surface area (Å²) in [5.74, 6) is -0.305. The second-order valence-electron chi connectivity index (χ2n) is 4.64. The summed E-state index contributed by atoms with van der Waals surface area (Å²) >= 11 is 0. The van der Waals surface area contributed by atoms with Crippen molar-refractivity contribution in [2.75, 3.05) is 11.9 Å². The van der Waals surface area contributed by atoms with Gasteiger partial charge in [0.1, 0.15) is 0 Å². The molecule has 5 nitrogen and oxygen atoms in total. The number of rotatable bonds is 5. The lowest BCUT2D eigenvalue weighted by Gasteiger charge is -2.17. The molecule has 1 N–H and O–H groups in total. The summed E-state index contributed by atoms with van der Waals surface area (Å²) in [5, 5.41) is 7.30. The van der Waals surface area contributed by atoms with Gasteiger partial charge in [-0.3, -0.25) is 4.68 Å². The second kappa shape index (κ2) is 6.23. The summed E-state index contributed by atoms with van der Waals surface area (Å²) < 4.78 is 6.79. The van der Waals surface area contributed by atoms with Crippen LogP contribution in [-0.4, -0.2) is 22.4 Å². The first-order valence-electron chi connectivity index (χ1n) is 6.58. The Balaban J connectivity index is 2.22. The van der Waals surface area contributed by atoms with E-state index in [1.54, 1.807) is 17.8 Å². The van der Waals surface area contributed by atoms with Crippen molar-refractivity contribution in [1.29, 1.82) is 0 Å². The van der Waals surface area contributed by atoms with Crippen LogP contribution in [0.5, 0.6) is 0 Å². The van der Waals surface area contributed by atoms with Gasteiger partial charge in [0.15, 0.2) is 6.04 Å². The predicted octanol–water partition coefficient (Wildman–Crippen LogP) is 2.44. The zero-order valence-electron chi connectivity index (χ0n) is 12.0. The van der Waals surface area contributed by atoms with Gasteiger partial charge in [-0.2, -0.15) is 5.10 Å². The highest BCUT2D eigenvalue weighted by Gasteiger charge is 2.23. The smallest absolute Gasteiger partial charge is 0.333 e. The van der Waals surface area contributed by atoms with E-state index in [-0.39, 0.29) is 5.97 Å². The van der Waals surface area contributed by atoms with E-state index in [0.717, 1.165) is 11.3 Å². The van der Waals surface area contributed by atoms with Gasteiger partial charge in [-0.15, -0.1) is 0 Å². The Labute approximate surface area is 118 Å². The number of nitrogens with zero attached hydrogens (tertiary/aromatic N) is 2. The minimum atomic E-state index is -0.550. The van der Waals surface area contributed by atoms with E-state index < -0.39 is 6.04 Å². The summed E-state index contributed by atoms with van der Waals surface area (Å²) in [5.41, 5.74) is 2.83. The molecule has 0 fully saturated rings. The Morgan fingerprint density at radius 1 is 1.40 bits per heavy atom. The van der Waals surface area contributed by atoms with Crippen LogP contribution >= 0.6 is 0 Å². The van der Waals surface area contributed by atoms with Gasteiger partial charge in [0.25, 0.3) is 0 Å². The van der Waals surface area contributed by atoms with Gasteiger partial charge in [0, 0.05) is 24.5 Å². The van der Waals surface area contributed by atoms with Crippen molar-refractivity contribution < 1.29 is 9.53 Å². The summed E-state index contributed by atoms with van der Waals surface area (Å²) in [7, 11) is 1.82. The number of aryl methyl sites for hydroxylation is 2. The molecule has 0 bridgehead atoms. The number of aromatic nitrogens is 2. The Morgan fingerprint density at radius 3 is 2.65 bits per heavy atom. The molecule has 1 heterocycles. The molecular formula is C15H19N3O2. The summed E-state index contributed by atoms with van der Waals surface area (Å²) in [6, 6.07) is 7.32. The topological polar surface area (TPSA) is 56.1 Å². The van der Waals surface area contributed by atoms with E-state index in [0.29, 0.717) is 6.61 Å². The molecule has 1 aromatic carbocycles. The lowest BCUT2D eigenvalue weighted by Crippen LogP contribution is -2.23. The first-order valence-corrected chi connectivity index (χ1v) is 6.58. The van der Waals surface area contributed by atoms with E-state index in [1.165, 1.54) is 5.56 Å². The maximum atomic E-state index is 12.1. The lowest BCUT2D eigenvalue weighted by atomic mass is 10.1. The van der Waals surface area contributed by atoms with Crippen LogP contribution in [0.15, 0.2) is 36.7 Å². The van der Waals surface area contributed by atoms with Crippen LogP contribution in [0.3, 0.4) is 0 Å². The Kier molecular flexibility index (Phi) is 4.40. The fraction of sp³-hybridized carbons (Fsp3) is 0.333. The molecule has 0 aliphatic heterocycles. The fourth-order valence-electron chi connectivity index (χ4n) is 1.91. The van der Waals surface area contributed by atoms with Gasteiger partial charge < -0.3 is 10.1 Å². The highest BCUT2D eigenvalue weighted by Crippen LogP contribution is 2.21. The second-order valence-corrected chi connectivity index (χ2v) is 4.64. The third-order valence-corrected chi connectivity index (χ3v) is 2.94. The molecular weight excluding hydrogens is 254 g/mol. The largest absolute Gasteiger partial charge is 0.464 e. The molecule has 0 saturated heterocycles. The van der Waals surface area contributed by atoms with E-state index in [2.05, 4.69) is 10.4 Å². The normalized spacial score (nSPS) is 11.9. The molecule has 2 rings (SSSR count). The molecule has 20 heavy (non-hydrogen) atoms. The molecule has 0 radical (unpaired) electrons. The molecule has 1 aromatic heterocycles.